The minimum atomic E-state index is 0.509. The van der Waals surface area contributed by atoms with Gasteiger partial charge in [-0.3, -0.25) is 9.47 Å². The molecule has 1 aromatic rings. The van der Waals surface area contributed by atoms with Crippen LogP contribution in [-0.2, 0) is 12.4 Å². The van der Waals surface area contributed by atoms with Crippen LogP contribution in [0.5, 0.6) is 0 Å². The number of nitrogens with zero attached hydrogens (tertiary/aromatic N) is 4. The summed E-state index contributed by atoms with van der Waals surface area (Å²) in [5.74, 6) is 1.36. The Balaban J connectivity index is 1.58. The number of rotatable bonds is 3. The molecule has 0 N–H and O–H groups in total. The van der Waals surface area contributed by atoms with E-state index in [1.54, 1.807) is 0 Å². The molecule has 19 heavy (non-hydrogen) atoms. The van der Waals surface area contributed by atoms with Gasteiger partial charge in [-0.25, -0.2) is 9.80 Å². The number of quaternary nitrogens is 1. The summed E-state index contributed by atoms with van der Waals surface area (Å²) in [5.41, 5.74) is 2.19. The number of aromatic nitrogens is 1. The predicted molar refractivity (Wildman–Crippen MR) is 74.1 cm³/mol. The van der Waals surface area contributed by atoms with Crippen molar-refractivity contribution in [3.63, 3.8) is 0 Å². The zero-order valence-electron chi connectivity index (χ0n) is 11.1. The van der Waals surface area contributed by atoms with Gasteiger partial charge in [-0.15, -0.1) is 11.6 Å². The van der Waals surface area contributed by atoms with Crippen LogP contribution in [-0.4, -0.2) is 58.9 Å². The average molecular weight is 280 g/mol. The van der Waals surface area contributed by atoms with E-state index in [2.05, 4.69) is 26.9 Å². The lowest BCUT2D eigenvalue weighted by atomic mass is 9.98. The van der Waals surface area contributed by atoms with E-state index in [9.17, 15) is 0 Å². The van der Waals surface area contributed by atoms with Crippen LogP contribution >= 0.6 is 11.6 Å². The second-order valence-corrected chi connectivity index (χ2v) is 6.70. The lowest BCUT2D eigenvalue weighted by Gasteiger charge is -2.59. The van der Waals surface area contributed by atoms with Gasteiger partial charge < -0.3 is 0 Å². The normalized spacial score (nSPS) is 39.7. The summed E-state index contributed by atoms with van der Waals surface area (Å²) >= 11 is 5.89. The average Bonchev–Trinajstić information content (AvgIpc) is 2.36. The Hall–Kier alpha value is -0.680. The third-order valence-electron chi connectivity index (χ3n) is 4.58. The molecule has 0 saturated carbocycles. The molecule has 0 radical (unpaired) electrons. The Kier molecular flexibility index (Phi) is 2.81. The van der Waals surface area contributed by atoms with E-state index in [4.69, 9.17) is 11.6 Å². The van der Waals surface area contributed by atoms with Crippen molar-refractivity contribution in [2.24, 2.45) is 5.92 Å². The van der Waals surface area contributed by atoms with E-state index in [0.29, 0.717) is 5.88 Å². The van der Waals surface area contributed by atoms with Gasteiger partial charge in [-0.2, -0.15) is 0 Å². The van der Waals surface area contributed by atoms with E-state index >= 15 is 0 Å². The number of pyridine rings is 1. The molecule has 2 unspecified atom stereocenters. The second-order valence-electron chi connectivity index (χ2n) is 6.43. The highest BCUT2D eigenvalue weighted by molar-refractivity contribution is 6.16. The second kappa shape index (κ2) is 4.42. The smallest absolute Gasteiger partial charge is 0.137 e. The van der Waals surface area contributed by atoms with Crippen LogP contribution in [0.25, 0.3) is 0 Å². The Morgan fingerprint density at radius 2 is 1.95 bits per heavy atom. The SMILES string of the molecule is ClCc1cccc(C[N+]23CC4CN(CN(C4)C2)C3)n1. The summed E-state index contributed by atoms with van der Waals surface area (Å²) in [6, 6.07) is 6.25. The summed E-state index contributed by atoms with van der Waals surface area (Å²) in [6.45, 7) is 8.52. The summed E-state index contributed by atoms with van der Waals surface area (Å²) < 4.78 is 1.17. The molecule has 4 aliphatic rings. The molecule has 0 aliphatic carbocycles. The maximum Gasteiger partial charge on any atom is 0.137 e. The lowest BCUT2D eigenvalue weighted by molar-refractivity contribution is -0.982. The highest BCUT2D eigenvalue weighted by Gasteiger charge is 2.49. The molecule has 102 valence electrons. The van der Waals surface area contributed by atoms with Gasteiger partial charge in [-0.1, -0.05) is 6.07 Å². The Morgan fingerprint density at radius 1 is 1.21 bits per heavy atom. The van der Waals surface area contributed by atoms with Crippen molar-refractivity contribution in [1.29, 1.82) is 0 Å². The summed E-state index contributed by atoms with van der Waals surface area (Å²) in [5, 5.41) is 0. The van der Waals surface area contributed by atoms with E-state index in [1.165, 1.54) is 49.8 Å². The predicted octanol–water partition coefficient (Wildman–Crippen LogP) is 1.27. The van der Waals surface area contributed by atoms with Crippen molar-refractivity contribution in [2.75, 3.05) is 39.6 Å². The molecular formula is C14H20ClN4+. The zero-order valence-corrected chi connectivity index (χ0v) is 11.9. The fourth-order valence-electron chi connectivity index (χ4n) is 4.26. The largest absolute Gasteiger partial charge is 0.293 e. The molecule has 0 spiro atoms. The third-order valence-corrected chi connectivity index (χ3v) is 4.85. The van der Waals surface area contributed by atoms with E-state index in [1.807, 2.05) is 6.07 Å². The van der Waals surface area contributed by atoms with Crippen molar-refractivity contribution in [3.8, 4) is 0 Å². The highest BCUT2D eigenvalue weighted by Crippen LogP contribution is 2.33. The molecule has 2 atom stereocenters. The van der Waals surface area contributed by atoms with Crippen molar-refractivity contribution < 1.29 is 4.48 Å². The standard InChI is InChI=1S/C14H20ClN4/c15-4-13-2-1-3-14(16-13)8-19-7-12-5-17(10-19)9-18(6-12)11-19/h1-3,12H,4-11H2/q+1. The minimum Gasteiger partial charge on any atom is -0.293 e. The summed E-state index contributed by atoms with van der Waals surface area (Å²) in [6.07, 6.45) is 0. The number of hydrogen-bond acceptors (Lipinski definition) is 3. The Bertz CT molecular complexity index is 455. The maximum absolute atomic E-state index is 5.89. The Morgan fingerprint density at radius 3 is 2.63 bits per heavy atom. The van der Waals surface area contributed by atoms with Crippen LogP contribution in [0, 0.1) is 5.92 Å². The van der Waals surface area contributed by atoms with E-state index in [-0.39, 0.29) is 0 Å². The van der Waals surface area contributed by atoms with Gasteiger partial charge in [0.2, 0.25) is 0 Å². The molecule has 0 aromatic carbocycles. The number of hydrogen-bond donors (Lipinski definition) is 0. The van der Waals surface area contributed by atoms with Gasteiger partial charge >= 0.3 is 0 Å². The number of alkyl halides is 1. The maximum atomic E-state index is 5.89. The minimum absolute atomic E-state index is 0.509. The molecule has 4 fully saturated rings. The van der Waals surface area contributed by atoms with Gasteiger partial charge in [0.05, 0.1) is 30.5 Å². The van der Waals surface area contributed by atoms with Crippen LogP contribution in [0.2, 0.25) is 0 Å². The fourth-order valence-corrected chi connectivity index (χ4v) is 4.41. The molecular weight excluding hydrogens is 260 g/mol. The topological polar surface area (TPSA) is 19.4 Å². The molecule has 4 nitrogen and oxygen atoms in total. The quantitative estimate of drug-likeness (QED) is 0.614. The zero-order chi connectivity index (χ0) is 12.9. The number of halogens is 1. The molecule has 0 amide bonds. The van der Waals surface area contributed by atoms with Crippen molar-refractivity contribution >= 4 is 11.6 Å². The lowest BCUT2D eigenvalue weighted by Crippen LogP contribution is -2.75. The first-order chi connectivity index (χ1) is 9.25. The van der Waals surface area contributed by atoms with Crippen molar-refractivity contribution in [3.05, 3.63) is 29.6 Å². The van der Waals surface area contributed by atoms with Gasteiger partial charge in [0, 0.05) is 19.0 Å². The molecule has 4 bridgehead atoms. The van der Waals surface area contributed by atoms with Crippen LogP contribution in [0.4, 0.5) is 0 Å². The van der Waals surface area contributed by atoms with E-state index < -0.39 is 0 Å². The van der Waals surface area contributed by atoms with Crippen LogP contribution in [0.1, 0.15) is 11.4 Å². The first-order valence-electron chi connectivity index (χ1n) is 7.05. The molecule has 5 heteroatoms. The van der Waals surface area contributed by atoms with Gasteiger partial charge in [-0.05, 0) is 12.1 Å². The highest BCUT2D eigenvalue weighted by atomic mass is 35.5. The third kappa shape index (κ3) is 2.17. The molecule has 4 saturated heterocycles. The monoisotopic (exact) mass is 279 g/mol. The van der Waals surface area contributed by atoms with Crippen molar-refractivity contribution in [2.45, 2.75) is 12.4 Å². The summed E-state index contributed by atoms with van der Waals surface area (Å²) in [7, 11) is 0. The fraction of sp³-hybridized carbons (Fsp3) is 0.643. The first-order valence-corrected chi connectivity index (χ1v) is 7.59. The van der Waals surface area contributed by atoms with Crippen LogP contribution < -0.4 is 0 Å². The van der Waals surface area contributed by atoms with Crippen molar-refractivity contribution in [1.82, 2.24) is 14.8 Å². The van der Waals surface area contributed by atoms with Crippen LogP contribution in [0.15, 0.2) is 18.2 Å². The van der Waals surface area contributed by atoms with Crippen LogP contribution in [0.3, 0.4) is 0 Å². The van der Waals surface area contributed by atoms with Gasteiger partial charge in [0.1, 0.15) is 19.9 Å². The van der Waals surface area contributed by atoms with E-state index in [0.717, 1.165) is 18.2 Å². The molecule has 5 heterocycles. The molecule has 4 aliphatic heterocycles. The summed E-state index contributed by atoms with van der Waals surface area (Å²) in [4.78, 5) is 9.89. The molecule has 1 aromatic heterocycles. The Labute approximate surface area is 119 Å². The molecule has 5 rings (SSSR count). The van der Waals surface area contributed by atoms with Gasteiger partial charge in [0.15, 0.2) is 0 Å². The van der Waals surface area contributed by atoms with Gasteiger partial charge in [0.25, 0.3) is 0 Å². The first kappa shape index (κ1) is 12.1.